The highest BCUT2D eigenvalue weighted by molar-refractivity contribution is 4.54. The third kappa shape index (κ3) is 0.698. The fourth-order valence-electron chi connectivity index (χ4n) is 0.688. The summed E-state index contributed by atoms with van der Waals surface area (Å²) in [6, 6.07) is 0. The molecule has 36 valence electrons. The predicted octanol–water partition coefficient (Wildman–Crippen LogP) is 0.471. The molecular formula is C4H9NO. The van der Waals surface area contributed by atoms with E-state index < -0.39 is 0 Å². The van der Waals surface area contributed by atoms with Crippen molar-refractivity contribution in [1.29, 1.82) is 0 Å². The Hall–Kier alpha value is -0.0800. The Kier molecular flexibility index (Phi) is 0.787. The largest absolute Gasteiger partial charge is 0.314 e. The van der Waals surface area contributed by atoms with Crippen molar-refractivity contribution < 1.29 is 6.64 Å². The lowest BCUT2D eigenvalue weighted by atomic mass is 10.4. The Labute approximate surface area is 38.8 Å². The lowest BCUT2D eigenvalue weighted by Crippen LogP contribution is -2.11. The van der Waals surface area contributed by atoms with Crippen molar-refractivity contribution in [3.05, 3.63) is 0 Å². The molecule has 0 spiro atoms. The van der Waals surface area contributed by atoms with E-state index >= 15 is 0 Å². The molecule has 0 atom stereocenters. The maximum absolute atomic E-state index is 6.43. The second kappa shape index (κ2) is 1.58. The number of hydrogen-bond acceptors (Lipinski definition) is 2. The van der Waals surface area contributed by atoms with Crippen LogP contribution in [-0.4, -0.2) is 23.4 Å². The molecule has 1 heterocycles. The van der Waals surface area contributed by atoms with E-state index in [1.165, 1.54) is 12.8 Å². The van der Waals surface area contributed by atoms with E-state index in [1.807, 2.05) is 0 Å². The van der Waals surface area contributed by atoms with Gasteiger partial charge in [0, 0.05) is 13.1 Å². The molecule has 1 aliphatic rings. The molecule has 2 heteroatoms. The zero-order chi connectivity index (χ0) is 5.11. The smallest absolute Gasteiger partial charge is 0.238 e. The van der Waals surface area contributed by atoms with Gasteiger partial charge in [0.1, 0.15) is 0 Å². The first-order chi connectivity index (χ1) is 3.43. The van der Waals surface area contributed by atoms with Gasteiger partial charge in [0.2, 0.25) is 1.43 Å². The Morgan fingerprint density at radius 3 is 2.50 bits per heavy atom. The zero-order valence-corrected chi connectivity index (χ0v) is 3.68. The third-order valence-corrected chi connectivity index (χ3v) is 1.07. The van der Waals surface area contributed by atoms with Crippen LogP contribution >= 0.6 is 0 Å². The van der Waals surface area contributed by atoms with Crippen LogP contribution in [0.4, 0.5) is 0 Å². The van der Waals surface area contributed by atoms with Crippen molar-refractivity contribution in [2.45, 2.75) is 12.8 Å². The summed E-state index contributed by atoms with van der Waals surface area (Å²) in [5, 5.41) is 5.85. The molecule has 0 unspecified atom stereocenters. The van der Waals surface area contributed by atoms with Gasteiger partial charge in [-0.05, 0) is 12.8 Å². The number of hydroxylamine groups is 2. The Morgan fingerprint density at radius 2 is 2.17 bits per heavy atom. The van der Waals surface area contributed by atoms with Gasteiger partial charge >= 0.3 is 0 Å². The van der Waals surface area contributed by atoms with Crippen LogP contribution in [0, 0.1) is 0 Å². The summed E-state index contributed by atoms with van der Waals surface area (Å²) in [7, 11) is 0. The standard InChI is InChI=1S/C4H9NO/c6-5-3-1-2-4-5/h6H,1-4H2/i6D. The van der Waals surface area contributed by atoms with Crippen LogP contribution in [0.15, 0.2) is 0 Å². The molecule has 0 aromatic rings. The maximum Gasteiger partial charge on any atom is 0.238 e. The molecule has 1 aliphatic heterocycles. The number of nitrogens with zero attached hydrogens (tertiary/aromatic N) is 1. The topological polar surface area (TPSA) is 23.5 Å². The second-order valence-corrected chi connectivity index (χ2v) is 1.64. The summed E-state index contributed by atoms with van der Waals surface area (Å²) < 4.78 is 6.43. The van der Waals surface area contributed by atoms with E-state index in [0.29, 0.717) is 0 Å². The summed E-state index contributed by atoms with van der Waals surface area (Å²) in [4.78, 5) is 0. The fourth-order valence-corrected chi connectivity index (χ4v) is 0.688. The average molecular weight is 88.1 g/mol. The first-order valence-corrected chi connectivity index (χ1v) is 2.32. The van der Waals surface area contributed by atoms with Gasteiger partial charge in [0.15, 0.2) is 0 Å². The highest BCUT2D eigenvalue weighted by Gasteiger charge is 2.05. The second-order valence-electron chi connectivity index (χ2n) is 1.64. The van der Waals surface area contributed by atoms with Crippen LogP contribution in [-0.2, 0) is 0 Å². The molecule has 1 N–H and O–H groups in total. The minimum Gasteiger partial charge on any atom is -0.314 e. The van der Waals surface area contributed by atoms with Crippen molar-refractivity contribution in [3.8, 4) is 0 Å². The maximum atomic E-state index is 6.43. The van der Waals surface area contributed by atoms with Gasteiger partial charge in [0.25, 0.3) is 0 Å². The van der Waals surface area contributed by atoms with E-state index in [4.69, 9.17) is 1.43 Å². The molecular weight excluding hydrogens is 78.0 g/mol. The van der Waals surface area contributed by atoms with Gasteiger partial charge in [-0.2, -0.15) is 5.06 Å². The van der Waals surface area contributed by atoms with Gasteiger partial charge in [-0.25, -0.2) is 0 Å². The number of rotatable bonds is 1. The minimum atomic E-state index is 0.934. The minimum absolute atomic E-state index is 0.934. The molecule has 2 nitrogen and oxygen atoms in total. The molecule has 1 fully saturated rings. The molecule has 1 saturated heterocycles. The Bertz CT molecular complexity index is 53.7. The van der Waals surface area contributed by atoms with Crippen LogP contribution in [0.5, 0.6) is 0 Å². The van der Waals surface area contributed by atoms with E-state index in [-0.39, 0.29) is 0 Å². The molecule has 0 saturated carbocycles. The Morgan fingerprint density at radius 1 is 1.50 bits per heavy atom. The van der Waals surface area contributed by atoms with Crippen molar-refractivity contribution in [2.24, 2.45) is 0 Å². The molecule has 6 heavy (non-hydrogen) atoms. The van der Waals surface area contributed by atoms with Gasteiger partial charge in [0.05, 0.1) is 0 Å². The van der Waals surface area contributed by atoms with Crippen molar-refractivity contribution in [3.63, 3.8) is 0 Å². The fraction of sp³-hybridized carbons (Fsp3) is 1.00. The van der Waals surface area contributed by atoms with E-state index in [1.54, 1.807) is 5.06 Å². The summed E-state index contributed by atoms with van der Waals surface area (Å²) in [6.45, 7) is 1.87. The molecule has 1 rings (SSSR count). The van der Waals surface area contributed by atoms with Crippen LogP contribution in [0.1, 0.15) is 12.8 Å². The van der Waals surface area contributed by atoms with Gasteiger partial charge in [-0.3, -0.25) is 0 Å². The average Bonchev–Trinajstić information content (AvgIpc) is 2.14. The summed E-state index contributed by atoms with van der Waals surface area (Å²) >= 11 is 0. The quantitative estimate of drug-likeness (QED) is 0.503. The van der Waals surface area contributed by atoms with E-state index in [2.05, 4.69) is 5.21 Å². The molecule has 0 amide bonds. The van der Waals surface area contributed by atoms with Crippen LogP contribution in [0.25, 0.3) is 0 Å². The predicted molar refractivity (Wildman–Crippen MR) is 22.6 cm³/mol. The van der Waals surface area contributed by atoms with Crippen molar-refractivity contribution in [2.75, 3.05) is 13.1 Å². The molecule has 0 aliphatic carbocycles. The highest BCUT2D eigenvalue weighted by atomic mass is 16.5. The van der Waals surface area contributed by atoms with Crippen molar-refractivity contribution in [1.82, 2.24) is 5.06 Å². The molecule has 0 radical (unpaired) electrons. The summed E-state index contributed by atoms with van der Waals surface area (Å²) in [5.74, 6) is 0. The monoisotopic (exact) mass is 88.1 g/mol. The van der Waals surface area contributed by atoms with Crippen LogP contribution in [0.3, 0.4) is 0 Å². The molecule has 0 aromatic carbocycles. The van der Waals surface area contributed by atoms with Gasteiger partial charge in [-0.1, -0.05) is 0 Å². The van der Waals surface area contributed by atoms with Crippen molar-refractivity contribution >= 4 is 0 Å². The normalized spacial score (nSPS) is 27.7. The summed E-state index contributed by atoms with van der Waals surface area (Å²) in [5.41, 5.74) is 0. The molecule has 0 aromatic heterocycles. The van der Waals surface area contributed by atoms with E-state index in [9.17, 15) is 0 Å². The SMILES string of the molecule is [2H]ON1CCCC1. The van der Waals surface area contributed by atoms with E-state index in [0.717, 1.165) is 13.1 Å². The summed E-state index contributed by atoms with van der Waals surface area (Å²) in [6.07, 6.45) is 2.36. The van der Waals surface area contributed by atoms with Crippen LogP contribution in [0.2, 0.25) is 1.43 Å². The lowest BCUT2D eigenvalue weighted by molar-refractivity contribution is -0.0678. The van der Waals surface area contributed by atoms with Gasteiger partial charge < -0.3 is 5.21 Å². The highest BCUT2D eigenvalue weighted by Crippen LogP contribution is 2.01. The number of hydrogen-bond donors (Lipinski definition) is 1. The van der Waals surface area contributed by atoms with Gasteiger partial charge in [-0.15, -0.1) is 0 Å². The Balaban J connectivity index is 2.14. The first-order valence-electron chi connectivity index (χ1n) is 2.72. The molecule has 0 bridgehead atoms. The first kappa shape index (κ1) is 2.99. The lowest BCUT2D eigenvalue weighted by Gasteiger charge is -1.99. The third-order valence-electron chi connectivity index (χ3n) is 1.07. The zero-order valence-electron chi connectivity index (χ0n) is 4.68. The van der Waals surface area contributed by atoms with Crippen LogP contribution < -0.4 is 0 Å².